The van der Waals surface area contributed by atoms with Crippen LogP contribution in [-0.2, 0) is 17.8 Å². The molecule has 4 rings (SSSR count). The molecule has 1 aromatic carbocycles. The van der Waals surface area contributed by atoms with Gasteiger partial charge in [-0.15, -0.1) is 0 Å². The number of nitrogens with one attached hydrogen (secondary N) is 1. The van der Waals surface area contributed by atoms with Crippen LogP contribution < -0.4 is 5.32 Å². The molecule has 0 radical (unpaired) electrons. The second kappa shape index (κ2) is 7.51. The van der Waals surface area contributed by atoms with Crippen LogP contribution in [-0.4, -0.2) is 23.4 Å². The summed E-state index contributed by atoms with van der Waals surface area (Å²) in [5.74, 6) is 3.51. The number of benzene rings is 1. The zero-order valence-electron chi connectivity index (χ0n) is 16.6. The first-order valence-corrected chi connectivity index (χ1v) is 10.3. The van der Waals surface area contributed by atoms with E-state index >= 15 is 0 Å². The van der Waals surface area contributed by atoms with Gasteiger partial charge >= 0.3 is 0 Å². The van der Waals surface area contributed by atoms with Gasteiger partial charge in [0.25, 0.3) is 0 Å². The average Bonchev–Trinajstić information content (AvgIpc) is 3.56. The Morgan fingerprint density at radius 2 is 2.04 bits per heavy atom. The number of nitrogens with zero attached hydrogens (tertiary/aromatic N) is 1. The topological polar surface area (TPSA) is 45.5 Å². The van der Waals surface area contributed by atoms with E-state index in [1.54, 1.807) is 0 Å². The number of anilines is 1. The van der Waals surface area contributed by atoms with Crippen LogP contribution in [0.5, 0.6) is 0 Å². The molecule has 2 saturated carbocycles. The van der Waals surface area contributed by atoms with Gasteiger partial charge in [-0.3, -0.25) is 9.69 Å². The molecule has 1 amide bonds. The van der Waals surface area contributed by atoms with Crippen molar-refractivity contribution in [3.8, 4) is 0 Å². The molecule has 0 saturated heterocycles. The van der Waals surface area contributed by atoms with Crippen LogP contribution in [0.3, 0.4) is 0 Å². The van der Waals surface area contributed by atoms with Gasteiger partial charge in [0, 0.05) is 17.6 Å². The van der Waals surface area contributed by atoms with Crippen molar-refractivity contribution in [2.75, 3.05) is 11.9 Å². The molecule has 2 aliphatic carbocycles. The molecule has 0 aliphatic heterocycles. The van der Waals surface area contributed by atoms with Crippen molar-refractivity contribution >= 4 is 11.6 Å². The van der Waals surface area contributed by atoms with Gasteiger partial charge in [-0.1, -0.05) is 32.0 Å². The fourth-order valence-corrected chi connectivity index (χ4v) is 3.92. The minimum Gasteiger partial charge on any atom is -0.464 e. The second-order valence-electron chi connectivity index (χ2n) is 8.27. The summed E-state index contributed by atoms with van der Waals surface area (Å²) < 4.78 is 6.07. The number of furan rings is 1. The predicted octanol–water partition coefficient (Wildman–Crippen LogP) is 4.88. The van der Waals surface area contributed by atoms with Crippen LogP contribution in [0, 0.1) is 12.8 Å². The van der Waals surface area contributed by atoms with Gasteiger partial charge in [0.05, 0.1) is 13.1 Å². The van der Waals surface area contributed by atoms with E-state index in [1.165, 1.54) is 24.8 Å². The maximum absolute atomic E-state index is 12.7. The van der Waals surface area contributed by atoms with E-state index < -0.39 is 0 Å². The highest BCUT2D eigenvalue weighted by Gasteiger charge is 2.37. The number of hydrogen-bond acceptors (Lipinski definition) is 3. The van der Waals surface area contributed by atoms with Crippen LogP contribution in [0.15, 0.2) is 34.7 Å². The number of rotatable bonds is 8. The molecule has 2 aliphatic rings. The summed E-state index contributed by atoms with van der Waals surface area (Å²) in [6, 6.07) is 10.9. The van der Waals surface area contributed by atoms with E-state index in [-0.39, 0.29) is 5.91 Å². The Hall–Kier alpha value is -2.07. The maximum Gasteiger partial charge on any atom is 0.238 e. The molecule has 4 heteroatoms. The van der Waals surface area contributed by atoms with E-state index in [1.807, 2.05) is 0 Å². The summed E-state index contributed by atoms with van der Waals surface area (Å²) in [4.78, 5) is 15.0. The van der Waals surface area contributed by atoms with Gasteiger partial charge in [0.2, 0.25) is 5.91 Å². The number of aryl methyl sites for hydroxylation is 2. The Morgan fingerprint density at radius 1 is 1.26 bits per heavy atom. The van der Waals surface area contributed by atoms with Crippen molar-refractivity contribution in [1.29, 1.82) is 0 Å². The number of carbonyl (C=O) groups is 1. The Labute approximate surface area is 161 Å². The average molecular weight is 367 g/mol. The highest BCUT2D eigenvalue weighted by molar-refractivity contribution is 5.93. The van der Waals surface area contributed by atoms with Gasteiger partial charge in [-0.05, 0) is 61.8 Å². The molecule has 1 N–H and O–H groups in total. The summed E-state index contributed by atoms with van der Waals surface area (Å²) >= 11 is 0. The lowest BCUT2D eigenvalue weighted by Crippen LogP contribution is -2.34. The normalized spacial score (nSPS) is 21.5. The molecule has 2 unspecified atom stereocenters. The van der Waals surface area contributed by atoms with Crippen molar-refractivity contribution in [3.05, 3.63) is 53.0 Å². The van der Waals surface area contributed by atoms with Crippen LogP contribution in [0.4, 0.5) is 5.69 Å². The Morgan fingerprint density at radius 3 is 2.70 bits per heavy atom. The molecule has 2 atom stereocenters. The number of carbonyl (C=O) groups excluding carboxylic acids is 1. The Kier molecular flexibility index (Phi) is 5.09. The van der Waals surface area contributed by atoms with Gasteiger partial charge in [-0.25, -0.2) is 0 Å². The van der Waals surface area contributed by atoms with Crippen molar-refractivity contribution < 1.29 is 9.21 Å². The van der Waals surface area contributed by atoms with E-state index in [2.05, 4.69) is 61.3 Å². The second-order valence-corrected chi connectivity index (χ2v) is 8.27. The maximum atomic E-state index is 12.7. The fraction of sp³-hybridized carbons (Fsp3) is 0.522. The third-order valence-corrected chi connectivity index (χ3v) is 5.93. The van der Waals surface area contributed by atoms with Crippen molar-refractivity contribution in [1.82, 2.24) is 4.90 Å². The third kappa shape index (κ3) is 4.27. The SMILES string of the molecule is CCc1cccc(C)c1NC(=O)CN(Cc1ccc(C2CC2C)o1)C1CC1. The highest BCUT2D eigenvalue weighted by Crippen LogP contribution is 2.47. The smallest absolute Gasteiger partial charge is 0.238 e. The van der Waals surface area contributed by atoms with Crippen LogP contribution in [0.1, 0.15) is 61.7 Å². The largest absolute Gasteiger partial charge is 0.464 e. The predicted molar refractivity (Wildman–Crippen MR) is 108 cm³/mol. The molecule has 27 heavy (non-hydrogen) atoms. The fourth-order valence-electron chi connectivity index (χ4n) is 3.92. The van der Waals surface area contributed by atoms with Crippen LogP contribution in [0.2, 0.25) is 0 Å². The summed E-state index contributed by atoms with van der Waals surface area (Å²) in [6.45, 7) is 7.57. The molecular formula is C23H30N2O2. The van der Waals surface area contributed by atoms with E-state index in [0.29, 0.717) is 25.0 Å². The minimum absolute atomic E-state index is 0.0634. The molecule has 1 aromatic heterocycles. The molecule has 144 valence electrons. The number of hydrogen-bond donors (Lipinski definition) is 1. The number of amides is 1. The van der Waals surface area contributed by atoms with E-state index in [4.69, 9.17) is 4.42 Å². The lowest BCUT2D eigenvalue weighted by atomic mass is 10.1. The molecule has 1 heterocycles. The lowest BCUT2D eigenvalue weighted by molar-refractivity contribution is -0.117. The first-order valence-electron chi connectivity index (χ1n) is 10.3. The first-order chi connectivity index (χ1) is 13.0. The molecule has 2 aromatic rings. The molecule has 0 spiro atoms. The van der Waals surface area contributed by atoms with Gasteiger partial charge in [0.15, 0.2) is 0 Å². The van der Waals surface area contributed by atoms with Crippen molar-refractivity contribution in [2.45, 2.75) is 65.0 Å². The van der Waals surface area contributed by atoms with Gasteiger partial charge in [0.1, 0.15) is 11.5 Å². The zero-order valence-corrected chi connectivity index (χ0v) is 16.6. The quantitative estimate of drug-likeness (QED) is 0.724. The molecular weight excluding hydrogens is 336 g/mol. The minimum atomic E-state index is 0.0634. The third-order valence-electron chi connectivity index (χ3n) is 5.93. The van der Waals surface area contributed by atoms with Crippen molar-refractivity contribution in [2.24, 2.45) is 5.92 Å². The van der Waals surface area contributed by atoms with Crippen LogP contribution in [0.25, 0.3) is 0 Å². The summed E-state index contributed by atoms with van der Waals surface area (Å²) in [6.07, 6.45) is 4.49. The molecule has 0 bridgehead atoms. The van der Waals surface area contributed by atoms with Crippen LogP contribution >= 0.6 is 0 Å². The Bertz CT molecular complexity index is 822. The monoisotopic (exact) mass is 366 g/mol. The van der Waals surface area contributed by atoms with Gasteiger partial charge < -0.3 is 9.73 Å². The van der Waals surface area contributed by atoms with E-state index in [9.17, 15) is 4.79 Å². The summed E-state index contributed by atoms with van der Waals surface area (Å²) in [7, 11) is 0. The zero-order chi connectivity index (χ0) is 19.0. The molecule has 4 nitrogen and oxygen atoms in total. The van der Waals surface area contributed by atoms with E-state index in [0.717, 1.165) is 35.1 Å². The van der Waals surface area contributed by atoms with Gasteiger partial charge in [-0.2, -0.15) is 0 Å². The standard InChI is InChI=1S/C23H30N2O2/c1-4-17-7-5-6-15(2)23(17)24-22(26)14-25(18-8-9-18)13-19-10-11-21(27-19)20-12-16(20)3/h5-7,10-11,16,18,20H,4,8-9,12-14H2,1-3H3,(H,24,26). The summed E-state index contributed by atoms with van der Waals surface area (Å²) in [5.41, 5.74) is 3.29. The Balaban J connectivity index is 1.40. The first kappa shape index (κ1) is 18.3. The number of para-hydroxylation sites is 1. The lowest BCUT2D eigenvalue weighted by Gasteiger charge is -2.21. The van der Waals surface area contributed by atoms with Crippen molar-refractivity contribution in [3.63, 3.8) is 0 Å². The highest BCUT2D eigenvalue weighted by atomic mass is 16.3. The molecule has 2 fully saturated rings. The summed E-state index contributed by atoms with van der Waals surface area (Å²) in [5, 5.41) is 3.16.